The minimum atomic E-state index is -0.437. The number of hydrogen-bond acceptors (Lipinski definition) is 2. The van der Waals surface area contributed by atoms with Crippen LogP contribution in [0.15, 0.2) is 30.3 Å². The molecule has 1 aromatic carbocycles. The quantitative estimate of drug-likeness (QED) is 0.860. The summed E-state index contributed by atoms with van der Waals surface area (Å²) in [6.07, 6.45) is 1.49. The highest BCUT2D eigenvalue weighted by atomic mass is 16.2. The van der Waals surface area contributed by atoms with Gasteiger partial charge in [0.25, 0.3) is 0 Å². The van der Waals surface area contributed by atoms with Gasteiger partial charge >= 0.3 is 6.03 Å². The molecule has 1 fully saturated rings. The van der Waals surface area contributed by atoms with Gasteiger partial charge in [-0.3, -0.25) is 4.79 Å². The number of hydrogen-bond donors (Lipinski definition) is 2. The molecule has 2 N–H and O–H groups in total. The third-order valence-corrected chi connectivity index (χ3v) is 4.26. The van der Waals surface area contributed by atoms with E-state index >= 15 is 0 Å². The summed E-state index contributed by atoms with van der Waals surface area (Å²) in [7, 11) is 0. The predicted octanol–water partition coefficient (Wildman–Crippen LogP) is 3.30. The van der Waals surface area contributed by atoms with Crippen LogP contribution in [0.2, 0.25) is 0 Å². The highest BCUT2D eigenvalue weighted by Crippen LogP contribution is 2.27. The van der Waals surface area contributed by atoms with Crippen molar-refractivity contribution < 1.29 is 9.59 Å². The van der Waals surface area contributed by atoms with Gasteiger partial charge in [-0.05, 0) is 37.7 Å². The second-order valence-corrected chi connectivity index (χ2v) is 8.76. The van der Waals surface area contributed by atoms with Gasteiger partial charge < -0.3 is 15.5 Å². The third-order valence-electron chi connectivity index (χ3n) is 4.26. The molecule has 0 aromatic heterocycles. The summed E-state index contributed by atoms with van der Waals surface area (Å²) in [6, 6.07) is 9.16. The van der Waals surface area contributed by atoms with Crippen LogP contribution in [0, 0.1) is 5.41 Å². The summed E-state index contributed by atoms with van der Waals surface area (Å²) >= 11 is 0. The standard InChI is InChI=1S/C20H31N3O2/c1-19(2,3)14-20(4,5)22-17(24)16-11-12-21-18(25)23(16)13-15-9-7-6-8-10-15/h6-10,16H,11-14H2,1-5H3,(H,21,25)(H,22,24). The molecular weight excluding hydrogens is 314 g/mol. The Balaban J connectivity index is 2.11. The van der Waals surface area contributed by atoms with Crippen LogP contribution < -0.4 is 10.6 Å². The summed E-state index contributed by atoms with van der Waals surface area (Å²) in [6.45, 7) is 11.5. The number of benzene rings is 1. The van der Waals surface area contributed by atoms with Crippen molar-refractivity contribution in [1.82, 2.24) is 15.5 Å². The van der Waals surface area contributed by atoms with Gasteiger partial charge in [0.05, 0.1) is 0 Å². The van der Waals surface area contributed by atoms with Crippen LogP contribution in [0.25, 0.3) is 0 Å². The van der Waals surface area contributed by atoms with Crippen LogP contribution in [0.1, 0.15) is 53.0 Å². The first kappa shape index (κ1) is 19.3. The van der Waals surface area contributed by atoms with Crippen molar-refractivity contribution in [2.45, 2.75) is 65.6 Å². The van der Waals surface area contributed by atoms with Crippen LogP contribution in [-0.4, -0.2) is 35.0 Å². The Kier molecular flexibility index (Phi) is 5.76. The Hall–Kier alpha value is -2.04. The fraction of sp³-hybridized carbons (Fsp3) is 0.600. The average molecular weight is 345 g/mol. The summed E-state index contributed by atoms with van der Waals surface area (Å²) in [5.41, 5.74) is 0.817. The molecule has 1 heterocycles. The van der Waals surface area contributed by atoms with E-state index in [-0.39, 0.29) is 22.9 Å². The maximum absolute atomic E-state index is 12.9. The van der Waals surface area contributed by atoms with E-state index in [1.165, 1.54) is 0 Å². The first-order valence-corrected chi connectivity index (χ1v) is 8.98. The summed E-state index contributed by atoms with van der Waals surface area (Å²) in [4.78, 5) is 26.9. The van der Waals surface area contributed by atoms with Gasteiger partial charge in [-0.1, -0.05) is 51.1 Å². The molecule has 3 amide bonds. The fourth-order valence-corrected chi connectivity index (χ4v) is 3.74. The second-order valence-electron chi connectivity index (χ2n) is 8.76. The molecule has 0 saturated carbocycles. The number of carbonyl (C=O) groups excluding carboxylic acids is 2. The van der Waals surface area contributed by atoms with E-state index in [4.69, 9.17) is 0 Å². The highest BCUT2D eigenvalue weighted by molar-refractivity contribution is 5.88. The van der Waals surface area contributed by atoms with Crippen LogP contribution in [0.5, 0.6) is 0 Å². The number of urea groups is 1. The Morgan fingerprint density at radius 2 is 1.84 bits per heavy atom. The molecule has 1 aromatic rings. The zero-order valence-corrected chi connectivity index (χ0v) is 16.1. The van der Waals surface area contributed by atoms with E-state index in [0.29, 0.717) is 19.5 Å². The molecule has 0 bridgehead atoms. The molecule has 1 unspecified atom stereocenters. The molecule has 138 valence electrons. The number of nitrogens with one attached hydrogen (secondary N) is 2. The molecule has 25 heavy (non-hydrogen) atoms. The maximum atomic E-state index is 12.9. The molecule has 0 spiro atoms. The second kappa shape index (κ2) is 7.46. The summed E-state index contributed by atoms with van der Waals surface area (Å²) in [5, 5.41) is 6.00. The zero-order valence-electron chi connectivity index (χ0n) is 16.1. The molecule has 1 aliphatic rings. The highest BCUT2D eigenvalue weighted by Gasteiger charge is 2.36. The van der Waals surface area contributed by atoms with Crippen molar-refractivity contribution >= 4 is 11.9 Å². The van der Waals surface area contributed by atoms with E-state index in [1.54, 1.807) is 4.90 Å². The topological polar surface area (TPSA) is 61.4 Å². The monoisotopic (exact) mass is 345 g/mol. The van der Waals surface area contributed by atoms with Gasteiger partial charge in [0, 0.05) is 18.6 Å². The van der Waals surface area contributed by atoms with Gasteiger partial charge in [-0.15, -0.1) is 0 Å². The first-order chi connectivity index (χ1) is 11.6. The number of nitrogens with zero attached hydrogens (tertiary/aromatic N) is 1. The van der Waals surface area contributed by atoms with Gasteiger partial charge in [-0.25, -0.2) is 4.79 Å². The van der Waals surface area contributed by atoms with Gasteiger partial charge in [0.1, 0.15) is 6.04 Å². The average Bonchev–Trinajstić information content (AvgIpc) is 2.47. The van der Waals surface area contributed by atoms with Crippen LogP contribution in [0.3, 0.4) is 0 Å². The molecule has 5 nitrogen and oxygen atoms in total. The maximum Gasteiger partial charge on any atom is 0.318 e. The van der Waals surface area contributed by atoms with Crippen molar-refractivity contribution in [2.24, 2.45) is 5.41 Å². The largest absolute Gasteiger partial charge is 0.349 e. The van der Waals surface area contributed by atoms with Crippen molar-refractivity contribution in [3.05, 3.63) is 35.9 Å². The molecule has 0 aliphatic carbocycles. The molecule has 1 aliphatic heterocycles. The van der Waals surface area contributed by atoms with Crippen molar-refractivity contribution in [2.75, 3.05) is 6.54 Å². The summed E-state index contributed by atoms with van der Waals surface area (Å²) in [5.74, 6) is -0.0694. The molecule has 2 rings (SSSR count). The van der Waals surface area contributed by atoms with Gasteiger partial charge in [0.15, 0.2) is 0 Å². The third kappa shape index (κ3) is 5.76. The predicted molar refractivity (Wildman–Crippen MR) is 100 cm³/mol. The minimum absolute atomic E-state index is 0.0694. The summed E-state index contributed by atoms with van der Waals surface area (Å²) < 4.78 is 0. The van der Waals surface area contributed by atoms with Crippen LogP contribution in [-0.2, 0) is 11.3 Å². The zero-order chi connectivity index (χ0) is 18.7. The Morgan fingerprint density at radius 3 is 2.44 bits per heavy atom. The lowest BCUT2D eigenvalue weighted by atomic mass is 9.81. The number of amides is 3. The van der Waals surface area contributed by atoms with E-state index in [1.807, 2.05) is 44.2 Å². The Bertz CT molecular complexity index is 605. The first-order valence-electron chi connectivity index (χ1n) is 8.98. The van der Waals surface area contributed by atoms with E-state index in [2.05, 4.69) is 31.4 Å². The Morgan fingerprint density at radius 1 is 1.20 bits per heavy atom. The lowest BCUT2D eigenvalue weighted by molar-refractivity contribution is -0.128. The molecular formula is C20H31N3O2. The van der Waals surface area contributed by atoms with Crippen molar-refractivity contribution in [1.29, 1.82) is 0 Å². The van der Waals surface area contributed by atoms with Crippen molar-refractivity contribution in [3.63, 3.8) is 0 Å². The SMILES string of the molecule is CC(C)(C)CC(C)(C)NC(=O)C1CCNC(=O)N1Cc1ccccc1. The van der Waals surface area contributed by atoms with Gasteiger partial charge in [0.2, 0.25) is 5.91 Å². The van der Waals surface area contributed by atoms with E-state index in [9.17, 15) is 9.59 Å². The van der Waals surface area contributed by atoms with Crippen LogP contribution >= 0.6 is 0 Å². The normalized spacial score (nSPS) is 18.7. The molecule has 1 saturated heterocycles. The smallest absolute Gasteiger partial charge is 0.318 e. The molecule has 0 radical (unpaired) electrons. The number of rotatable bonds is 5. The molecule has 5 heteroatoms. The van der Waals surface area contributed by atoms with E-state index < -0.39 is 6.04 Å². The minimum Gasteiger partial charge on any atom is -0.349 e. The van der Waals surface area contributed by atoms with E-state index in [0.717, 1.165) is 12.0 Å². The van der Waals surface area contributed by atoms with Crippen molar-refractivity contribution in [3.8, 4) is 0 Å². The lowest BCUT2D eigenvalue weighted by Gasteiger charge is -2.39. The molecule has 1 atom stereocenters. The fourth-order valence-electron chi connectivity index (χ4n) is 3.74. The lowest BCUT2D eigenvalue weighted by Crippen LogP contribution is -2.60. The number of carbonyl (C=O) groups is 2. The van der Waals surface area contributed by atoms with Crippen LogP contribution in [0.4, 0.5) is 4.79 Å². The van der Waals surface area contributed by atoms with Gasteiger partial charge in [-0.2, -0.15) is 0 Å². The Labute approximate surface area is 151 Å².